The number of ether oxygens (including phenoxy) is 2. The lowest BCUT2D eigenvalue weighted by atomic mass is 10.1. The van der Waals surface area contributed by atoms with E-state index < -0.39 is 11.7 Å². The van der Waals surface area contributed by atoms with Gasteiger partial charge in [0.15, 0.2) is 11.5 Å². The first-order valence-corrected chi connectivity index (χ1v) is 7.05. The molecule has 0 fully saturated rings. The molecule has 6 nitrogen and oxygen atoms in total. The van der Waals surface area contributed by atoms with Crippen molar-refractivity contribution in [2.45, 2.75) is 6.92 Å². The van der Waals surface area contributed by atoms with E-state index in [-0.39, 0.29) is 22.9 Å². The van der Waals surface area contributed by atoms with Crippen LogP contribution in [0.25, 0.3) is 0 Å². The van der Waals surface area contributed by atoms with Crippen molar-refractivity contribution in [3.05, 3.63) is 47.8 Å². The normalized spacial score (nSPS) is 10.0. The lowest BCUT2D eigenvalue weighted by molar-refractivity contribution is -0.114. The third kappa shape index (κ3) is 3.81. The Morgan fingerprint density at radius 2 is 1.79 bits per heavy atom. The van der Waals surface area contributed by atoms with Gasteiger partial charge < -0.3 is 20.1 Å². The first kappa shape index (κ1) is 17.3. The number of anilines is 2. The number of nitrogens with one attached hydrogen (secondary N) is 2. The third-order valence-corrected chi connectivity index (χ3v) is 3.18. The predicted octanol–water partition coefficient (Wildman–Crippen LogP) is 3.05. The molecule has 126 valence electrons. The molecule has 0 bridgehead atoms. The first-order valence-electron chi connectivity index (χ1n) is 7.05. The van der Waals surface area contributed by atoms with Gasteiger partial charge in [0.1, 0.15) is 5.82 Å². The van der Waals surface area contributed by atoms with E-state index in [2.05, 4.69) is 10.6 Å². The SMILES string of the molecule is COc1cccc(C(=O)Nc2cc(NC(C)=O)ccc2F)c1OC. The second-order valence-corrected chi connectivity index (χ2v) is 4.87. The molecule has 0 aliphatic carbocycles. The molecule has 0 atom stereocenters. The molecule has 0 saturated heterocycles. The van der Waals surface area contributed by atoms with Gasteiger partial charge in [0.05, 0.1) is 25.5 Å². The molecule has 2 N–H and O–H groups in total. The third-order valence-electron chi connectivity index (χ3n) is 3.18. The summed E-state index contributed by atoms with van der Waals surface area (Å²) in [5.74, 6) is -0.856. The van der Waals surface area contributed by atoms with Crippen molar-refractivity contribution in [2.75, 3.05) is 24.9 Å². The molecule has 0 aromatic heterocycles. The van der Waals surface area contributed by atoms with Crippen molar-refractivity contribution in [3.63, 3.8) is 0 Å². The number of carbonyl (C=O) groups is 2. The highest BCUT2D eigenvalue weighted by Gasteiger charge is 2.18. The Morgan fingerprint density at radius 3 is 2.42 bits per heavy atom. The fourth-order valence-electron chi connectivity index (χ4n) is 2.16. The molecular weight excluding hydrogens is 315 g/mol. The lowest BCUT2D eigenvalue weighted by Crippen LogP contribution is -2.15. The standard InChI is InChI=1S/C17H17FN2O4/c1-10(21)19-11-7-8-13(18)14(9-11)20-17(22)12-5-4-6-15(23-2)16(12)24-3/h4-9H,1-3H3,(H,19,21)(H,20,22). The zero-order valence-electron chi connectivity index (χ0n) is 13.5. The summed E-state index contributed by atoms with van der Waals surface area (Å²) in [6, 6.07) is 8.70. The van der Waals surface area contributed by atoms with Crippen LogP contribution in [0.5, 0.6) is 11.5 Å². The molecule has 0 aliphatic heterocycles. The number of amides is 2. The highest BCUT2D eigenvalue weighted by molar-refractivity contribution is 6.07. The summed E-state index contributed by atoms with van der Waals surface area (Å²) in [7, 11) is 2.86. The Balaban J connectivity index is 2.32. The van der Waals surface area contributed by atoms with Gasteiger partial charge in [-0.25, -0.2) is 4.39 Å². The number of hydrogen-bond donors (Lipinski definition) is 2. The van der Waals surface area contributed by atoms with Crippen LogP contribution in [0.3, 0.4) is 0 Å². The molecule has 0 aliphatic rings. The van der Waals surface area contributed by atoms with E-state index in [1.807, 2.05) is 0 Å². The summed E-state index contributed by atoms with van der Waals surface area (Å²) >= 11 is 0. The van der Waals surface area contributed by atoms with Crippen LogP contribution in [0, 0.1) is 5.82 Å². The maximum atomic E-state index is 13.9. The van der Waals surface area contributed by atoms with Gasteiger partial charge in [-0.05, 0) is 30.3 Å². The van der Waals surface area contributed by atoms with E-state index in [1.165, 1.54) is 39.3 Å². The second kappa shape index (κ2) is 7.45. The van der Waals surface area contributed by atoms with Crippen molar-refractivity contribution >= 4 is 23.2 Å². The van der Waals surface area contributed by atoms with Gasteiger partial charge in [-0.1, -0.05) is 6.07 Å². The van der Waals surface area contributed by atoms with Gasteiger partial charge in [-0.15, -0.1) is 0 Å². The van der Waals surface area contributed by atoms with Crippen LogP contribution in [0.2, 0.25) is 0 Å². The van der Waals surface area contributed by atoms with E-state index in [4.69, 9.17) is 9.47 Å². The van der Waals surface area contributed by atoms with E-state index in [0.29, 0.717) is 11.4 Å². The molecule has 2 rings (SSSR count). The lowest BCUT2D eigenvalue weighted by Gasteiger charge is -2.13. The topological polar surface area (TPSA) is 76.7 Å². The molecule has 0 radical (unpaired) electrons. The molecule has 2 aromatic rings. The smallest absolute Gasteiger partial charge is 0.259 e. The summed E-state index contributed by atoms with van der Waals surface area (Å²) in [4.78, 5) is 23.5. The van der Waals surface area contributed by atoms with Gasteiger partial charge in [0.25, 0.3) is 5.91 Å². The summed E-state index contributed by atoms with van der Waals surface area (Å²) < 4.78 is 24.3. The average Bonchev–Trinajstić information content (AvgIpc) is 2.56. The monoisotopic (exact) mass is 332 g/mol. The van der Waals surface area contributed by atoms with E-state index in [1.54, 1.807) is 12.1 Å². The van der Waals surface area contributed by atoms with Crippen LogP contribution in [0.4, 0.5) is 15.8 Å². The Hall–Kier alpha value is -3.09. The fraction of sp³-hybridized carbons (Fsp3) is 0.176. The first-order chi connectivity index (χ1) is 11.5. The van der Waals surface area contributed by atoms with Crippen LogP contribution < -0.4 is 20.1 Å². The van der Waals surface area contributed by atoms with Crippen LogP contribution in [-0.2, 0) is 4.79 Å². The predicted molar refractivity (Wildman–Crippen MR) is 88.2 cm³/mol. The second-order valence-electron chi connectivity index (χ2n) is 4.87. The number of rotatable bonds is 5. The molecule has 0 spiro atoms. The number of para-hydroxylation sites is 1. The van der Waals surface area contributed by atoms with Gasteiger partial charge in [0.2, 0.25) is 5.91 Å². The van der Waals surface area contributed by atoms with Crippen molar-refractivity contribution in [1.82, 2.24) is 0 Å². The van der Waals surface area contributed by atoms with Crippen LogP contribution in [0.1, 0.15) is 17.3 Å². The summed E-state index contributed by atoms with van der Waals surface area (Å²) in [5, 5.41) is 4.99. The molecule has 2 aromatic carbocycles. The van der Waals surface area contributed by atoms with Crippen molar-refractivity contribution in [3.8, 4) is 11.5 Å². The zero-order valence-corrected chi connectivity index (χ0v) is 13.5. The molecule has 0 unspecified atom stereocenters. The van der Waals surface area contributed by atoms with Crippen LogP contribution >= 0.6 is 0 Å². The van der Waals surface area contributed by atoms with Gasteiger partial charge in [0, 0.05) is 12.6 Å². The average molecular weight is 332 g/mol. The van der Waals surface area contributed by atoms with Gasteiger partial charge >= 0.3 is 0 Å². The Kier molecular flexibility index (Phi) is 5.36. The summed E-state index contributed by atoms with van der Waals surface area (Å²) in [5.41, 5.74) is 0.508. The van der Waals surface area contributed by atoms with Crippen LogP contribution in [-0.4, -0.2) is 26.0 Å². The molecular formula is C17H17FN2O4. The molecule has 0 heterocycles. The number of benzene rings is 2. The molecule has 2 amide bonds. The molecule has 7 heteroatoms. The van der Waals surface area contributed by atoms with Crippen molar-refractivity contribution < 1.29 is 23.5 Å². The van der Waals surface area contributed by atoms with Crippen molar-refractivity contribution in [1.29, 1.82) is 0 Å². The quantitative estimate of drug-likeness (QED) is 0.882. The zero-order chi connectivity index (χ0) is 17.7. The Bertz CT molecular complexity index is 777. The number of methoxy groups -OCH3 is 2. The van der Waals surface area contributed by atoms with Crippen molar-refractivity contribution in [2.24, 2.45) is 0 Å². The number of hydrogen-bond acceptors (Lipinski definition) is 4. The van der Waals surface area contributed by atoms with Crippen LogP contribution in [0.15, 0.2) is 36.4 Å². The van der Waals surface area contributed by atoms with Gasteiger partial charge in [-0.3, -0.25) is 9.59 Å². The Labute approximate surface area is 138 Å². The van der Waals surface area contributed by atoms with E-state index >= 15 is 0 Å². The van der Waals surface area contributed by atoms with E-state index in [9.17, 15) is 14.0 Å². The highest BCUT2D eigenvalue weighted by atomic mass is 19.1. The number of carbonyl (C=O) groups excluding carboxylic acids is 2. The fourth-order valence-corrected chi connectivity index (χ4v) is 2.16. The maximum absolute atomic E-state index is 13.9. The molecule has 24 heavy (non-hydrogen) atoms. The van der Waals surface area contributed by atoms with E-state index in [0.717, 1.165) is 6.07 Å². The molecule has 0 saturated carbocycles. The van der Waals surface area contributed by atoms with Gasteiger partial charge in [-0.2, -0.15) is 0 Å². The summed E-state index contributed by atoms with van der Waals surface area (Å²) in [6.45, 7) is 1.34. The minimum atomic E-state index is -0.626. The Morgan fingerprint density at radius 1 is 1.04 bits per heavy atom. The number of halogens is 1. The summed E-state index contributed by atoms with van der Waals surface area (Å²) in [6.07, 6.45) is 0. The minimum Gasteiger partial charge on any atom is -0.493 e. The largest absolute Gasteiger partial charge is 0.493 e. The maximum Gasteiger partial charge on any atom is 0.259 e. The highest BCUT2D eigenvalue weighted by Crippen LogP contribution is 2.31. The minimum absolute atomic E-state index is 0.0591.